The van der Waals surface area contributed by atoms with E-state index in [1.165, 1.54) is 0 Å². The van der Waals surface area contributed by atoms with Crippen LogP contribution in [0.4, 0.5) is 5.82 Å². The van der Waals surface area contributed by atoms with Crippen molar-refractivity contribution in [3.8, 4) is 5.69 Å². The molecular weight excluding hydrogens is 330 g/mol. The molecule has 4 rings (SSSR count). The molecule has 0 aliphatic carbocycles. The summed E-state index contributed by atoms with van der Waals surface area (Å²) in [5, 5.41) is 6.23. The number of hydrogen-bond donors (Lipinski definition) is 0. The molecule has 0 saturated carbocycles. The first-order valence-electron chi connectivity index (χ1n) is 7.48. The zero-order valence-electron chi connectivity index (χ0n) is 13.0. The zero-order chi connectivity index (χ0) is 16.0. The highest BCUT2D eigenvalue weighted by Crippen LogP contribution is 2.33. The Morgan fingerprint density at radius 2 is 2.17 bits per heavy atom. The molecule has 2 aromatic rings. The van der Waals surface area contributed by atoms with E-state index in [1.54, 1.807) is 11.8 Å². The Labute approximate surface area is 144 Å². The van der Waals surface area contributed by atoms with Crippen LogP contribution in [-0.4, -0.2) is 45.0 Å². The van der Waals surface area contributed by atoms with E-state index in [0.29, 0.717) is 0 Å². The summed E-state index contributed by atoms with van der Waals surface area (Å²) in [4.78, 5) is 11.7. The van der Waals surface area contributed by atoms with E-state index in [0.717, 1.165) is 58.2 Å². The number of nitrogens with zero attached hydrogens (tertiary/aromatic N) is 5. The Balaban J connectivity index is 1.88. The maximum Gasteiger partial charge on any atom is 0.171 e. The summed E-state index contributed by atoms with van der Waals surface area (Å²) in [6, 6.07) is 5.93. The summed E-state index contributed by atoms with van der Waals surface area (Å²) in [5.41, 5.74) is 2.95. The Bertz CT molecular complexity index is 839. The minimum absolute atomic E-state index is 0.730. The summed E-state index contributed by atoms with van der Waals surface area (Å²) in [6.45, 7) is 3.80. The van der Waals surface area contributed by atoms with Crippen LogP contribution in [0.15, 0.2) is 34.4 Å². The van der Waals surface area contributed by atoms with Crippen LogP contribution >= 0.6 is 23.4 Å². The van der Waals surface area contributed by atoms with Crippen LogP contribution in [0.2, 0.25) is 5.02 Å². The first kappa shape index (κ1) is 14.8. The van der Waals surface area contributed by atoms with Crippen molar-refractivity contribution in [3.63, 3.8) is 0 Å². The average molecular weight is 346 g/mol. The number of aromatic nitrogens is 2. The predicted molar refractivity (Wildman–Crippen MR) is 96.6 cm³/mol. The third kappa shape index (κ3) is 2.37. The van der Waals surface area contributed by atoms with Crippen molar-refractivity contribution in [1.29, 1.82) is 0 Å². The van der Waals surface area contributed by atoms with Crippen molar-refractivity contribution in [2.24, 2.45) is 9.98 Å². The first-order valence-corrected chi connectivity index (χ1v) is 9.09. The third-order valence-electron chi connectivity index (χ3n) is 4.06. The van der Waals surface area contributed by atoms with Gasteiger partial charge < -0.3 is 4.90 Å². The van der Waals surface area contributed by atoms with E-state index in [-0.39, 0.29) is 0 Å². The number of rotatable bonds is 1. The third-order valence-corrected chi connectivity index (χ3v) is 5.14. The fourth-order valence-electron chi connectivity index (χ4n) is 2.84. The number of fused-ring (bicyclic) bond motifs is 3. The highest BCUT2D eigenvalue weighted by atomic mass is 35.5. The number of halogens is 1. The molecule has 7 heteroatoms. The largest absolute Gasteiger partial charge is 0.305 e. The number of amidine groups is 2. The van der Waals surface area contributed by atoms with Crippen molar-refractivity contribution >= 4 is 40.2 Å². The standard InChI is InChI=1S/C16H16ClN5S/c1-10-4-5-11(8-13(10)17)22-15-12(9-19-22)14-18-6-3-7-21(14)16(20-15)23-2/h4-5,8-9H,3,6-7H2,1-2H3. The van der Waals surface area contributed by atoms with Gasteiger partial charge in [-0.25, -0.2) is 9.67 Å². The van der Waals surface area contributed by atoms with Crippen molar-refractivity contribution < 1.29 is 0 Å². The topological polar surface area (TPSA) is 45.8 Å². The Morgan fingerprint density at radius 1 is 1.30 bits per heavy atom. The molecule has 2 aliphatic rings. The molecule has 3 heterocycles. The predicted octanol–water partition coefficient (Wildman–Crippen LogP) is 3.65. The van der Waals surface area contributed by atoms with E-state index in [4.69, 9.17) is 21.6 Å². The fourth-order valence-corrected chi connectivity index (χ4v) is 3.59. The minimum atomic E-state index is 0.730. The van der Waals surface area contributed by atoms with Gasteiger partial charge in [-0.05, 0) is 37.3 Å². The average Bonchev–Trinajstić information content (AvgIpc) is 3.00. The lowest BCUT2D eigenvalue weighted by molar-refractivity contribution is 0.554. The van der Waals surface area contributed by atoms with Gasteiger partial charge in [0.1, 0.15) is 5.84 Å². The highest BCUT2D eigenvalue weighted by Gasteiger charge is 2.30. The lowest BCUT2D eigenvalue weighted by atomic mass is 10.2. The van der Waals surface area contributed by atoms with Crippen LogP contribution in [0.1, 0.15) is 17.5 Å². The van der Waals surface area contributed by atoms with Crippen molar-refractivity contribution in [1.82, 2.24) is 14.7 Å². The summed E-state index contributed by atoms with van der Waals surface area (Å²) >= 11 is 7.90. The number of hydrogen-bond acceptors (Lipinski definition) is 5. The van der Waals surface area contributed by atoms with E-state index in [1.807, 2.05) is 42.3 Å². The second-order valence-electron chi connectivity index (χ2n) is 5.54. The quantitative estimate of drug-likeness (QED) is 0.792. The molecule has 0 N–H and O–H groups in total. The van der Waals surface area contributed by atoms with Crippen molar-refractivity contribution in [2.45, 2.75) is 13.3 Å². The number of aryl methyl sites for hydroxylation is 1. The SMILES string of the molecule is CSC1=Nc2c(cnn2-c2ccc(C)c(Cl)c2)C2=NCCCN12. The minimum Gasteiger partial charge on any atom is -0.305 e. The molecule has 5 nitrogen and oxygen atoms in total. The molecule has 0 atom stereocenters. The Kier molecular flexibility index (Phi) is 3.66. The summed E-state index contributed by atoms with van der Waals surface area (Å²) in [7, 11) is 0. The van der Waals surface area contributed by atoms with Gasteiger partial charge in [-0.15, -0.1) is 0 Å². The van der Waals surface area contributed by atoms with Crippen molar-refractivity contribution in [3.05, 3.63) is 40.5 Å². The van der Waals surface area contributed by atoms with E-state index in [2.05, 4.69) is 10.00 Å². The summed E-state index contributed by atoms with van der Waals surface area (Å²) in [6.07, 6.45) is 4.94. The van der Waals surface area contributed by atoms with E-state index >= 15 is 0 Å². The van der Waals surface area contributed by atoms with Crippen molar-refractivity contribution in [2.75, 3.05) is 19.3 Å². The van der Waals surface area contributed by atoms with Crippen LogP contribution in [0, 0.1) is 6.92 Å². The molecule has 0 radical (unpaired) electrons. The number of aliphatic imine (C=N–C) groups is 2. The van der Waals surface area contributed by atoms with Crippen LogP contribution < -0.4 is 0 Å². The molecule has 23 heavy (non-hydrogen) atoms. The number of thioether (sulfide) groups is 1. The molecule has 2 aliphatic heterocycles. The molecule has 0 spiro atoms. The van der Waals surface area contributed by atoms with Gasteiger partial charge in [0.2, 0.25) is 0 Å². The van der Waals surface area contributed by atoms with Crippen LogP contribution in [0.5, 0.6) is 0 Å². The zero-order valence-corrected chi connectivity index (χ0v) is 14.5. The molecule has 0 fully saturated rings. The second-order valence-corrected chi connectivity index (χ2v) is 6.72. The lowest BCUT2D eigenvalue weighted by Crippen LogP contribution is -2.41. The molecule has 0 unspecified atom stereocenters. The summed E-state index contributed by atoms with van der Waals surface area (Å²) < 4.78 is 1.84. The molecular formula is C16H16ClN5S. The molecule has 0 bridgehead atoms. The van der Waals surface area contributed by atoms with Gasteiger partial charge in [0.05, 0.1) is 17.4 Å². The van der Waals surface area contributed by atoms with Crippen LogP contribution in [-0.2, 0) is 0 Å². The molecule has 0 amide bonds. The lowest BCUT2D eigenvalue weighted by Gasteiger charge is -2.32. The Morgan fingerprint density at radius 3 is 2.96 bits per heavy atom. The molecule has 1 aromatic carbocycles. The first-order chi connectivity index (χ1) is 11.2. The van der Waals surface area contributed by atoms with Gasteiger partial charge in [0.25, 0.3) is 0 Å². The maximum absolute atomic E-state index is 6.27. The normalized spacial score (nSPS) is 16.6. The van der Waals surface area contributed by atoms with Crippen LogP contribution in [0.25, 0.3) is 5.69 Å². The van der Waals surface area contributed by atoms with Gasteiger partial charge in [0.15, 0.2) is 11.0 Å². The monoisotopic (exact) mass is 345 g/mol. The van der Waals surface area contributed by atoms with Crippen LogP contribution in [0.3, 0.4) is 0 Å². The second kappa shape index (κ2) is 5.69. The van der Waals surface area contributed by atoms with Gasteiger partial charge in [-0.1, -0.05) is 29.4 Å². The maximum atomic E-state index is 6.27. The fraction of sp³-hybridized carbons (Fsp3) is 0.312. The summed E-state index contributed by atoms with van der Waals surface area (Å²) in [5.74, 6) is 1.81. The number of benzene rings is 1. The van der Waals surface area contributed by atoms with Gasteiger partial charge in [-0.3, -0.25) is 4.99 Å². The van der Waals surface area contributed by atoms with Gasteiger partial charge >= 0.3 is 0 Å². The molecule has 0 saturated heterocycles. The van der Waals surface area contributed by atoms with E-state index < -0.39 is 0 Å². The molecule has 1 aromatic heterocycles. The van der Waals surface area contributed by atoms with Gasteiger partial charge in [-0.2, -0.15) is 5.10 Å². The van der Waals surface area contributed by atoms with E-state index in [9.17, 15) is 0 Å². The smallest absolute Gasteiger partial charge is 0.171 e. The Hall–Kier alpha value is -1.79. The van der Waals surface area contributed by atoms with Gasteiger partial charge in [0, 0.05) is 18.1 Å². The molecule has 118 valence electrons. The highest BCUT2D eigenvalue weighted by molar-refractivity contribution is 8.13.